The predicted molar refractivity (Wildman–Crippen MR) is 102 cm³/mol. The second-order valence-electron chi connectivity index (χ2n) is 5.99. The minimum atomic E-state index is -0.618. The Morgan fingerprint density at radius 1 is 0.963 bits per heavy atom. The van der Waals surface area contributed by atoms with Gasteiger partial charge < -0.3 is 5.73 Å². The first-order valence-electron chi connectivity index (χ1n) is 8.23. The summed E-state index contributed by atoms with van der Waals surface area (Å²) in [6.07, 6.45) is 0. The number of aliphatic imine (C=N–C) groups is 1. The second-order valence-corrected chi connectivity index (χ2v) is 5.99. The van der Waals surface area contributed by atoms with Gasteiger partial charge in [-0.05, 0) is 42.5 Å². The number of nitrogens with zero attached hydrogens (tertiary/aromatic N) is 2. The summed E-state index contributed by atoms with van der Waals surface area (Å²) in [6, 6.07) is 19.0. The fraction of sp³-hybridized carbons (Fsp3) is 0. The van der Waals surface area contributed by atoms with Crippen molar-refractivity contribution < 1.29 is 14.0 Å². The maximum atomic E-state index is 13.8. The lowest BCUT2D eigenvalue weighted by atomic mass is 10.1. The maximum Gasteiger partial charge on any atom is 0.284 e. The van der Waals surface area contributed by atoms with Crippen molar-refractivity contribution in [2.24, 2.45) is 4.99 Å². The number of rotatable bonds is 2. The number of nitrogens with two attached hydrogens (primary N) is 1. The van der Waals surface area contributed by atoms with Gasteiger partial charge in [-0.25, -0.2) is 14.3 Å². The van der Waals surface area contributed by atoms with E-state index in [0.717, 1.165) is 4.90 Å². The van der Waals surface area contributed by atoms with Crippen LogP contribution in [-0.2, 0) is 4.79 Å². The van der Waals surface area contributed by atoms with E-state index < -0.39 is 17.6 Å². The summed E-state index contributed by atoms with van der Waals surface area (Å²) in [6.45, 7) is 0. The summed E-state index contributed by atoms with van der Waals surface area (Å²) >= 11 is 0. The fourth-order valence-electron chi connectivity index (χ4n) is 2.95. The van der Waals surface area contributed by atoms with Crippen LogP contribution in [0, 0.1) is 5.82 Å². The number of nitrogen functional groups attached to an aromatic ring is 1. The van der Waals surface area contributed by atoms with Crippen LogP contribution in [0.2, 0.25) is 0 Å². The molecule has 0 bridgehead atoms. The lowest BCUT2D eigenvalue weighted by molar-refractivity contribution is -0.111. The van der Waals surface area contributed by atoms with Gasteiger partial charge in [0.1, 0.15) is 11.5 Å². The summed E-state index contributed by atoms with van der Waals surface area (Å²) in [5.41, 5.74) is 7.54. The molecule has 0 spiro atoms. The van der Waals surface area contributed by atoms with Crippen LogP contribution in [0.5, 0.6) is 0 Å². The van der Waals surface area contributed by atoms with Crippen LogP contribution in [0.1, 0.15) is 15.9 Å². The number of hydrogen-bond donors (Lipinski definition) is 1. The van der Waals surface area contributed by atoms with E-state index in [0.29, 0.717) is 22.6 Å². The third-order valence-corrected chi connectivity index (χ3v) is 4.25. The van der Waals surface area contributed by atoms with Crippen LogP contribution in [0.25, 0.3) is 0 Å². The molecule has 0 aromatic heterocycles. The van der Waals surface area contributed by atoms with Crippen LogP contribution in [0.3, 0.4) is 0 Å². The van der Waals surface area contributed by atoms with Gasteiger partial charge in [0.2, 0.25) is 0 Å². The van der Waals surface area contributed by atoms with Crippen LogP contribution in [0.4, 0.5) is 21.5 Å². The molecule has 0 radical (unpaired) electrons. The highest BCUT2D eigenvalue weighted by Crippen LogP contribution is 2.33. The Labute approximate surface area is 154 Å². The zero-order valence-corrected chi connectivity index (χ0v) is 14.1. The Morgan fingerprint density at radius 2 is 1.67 bits per heavy atom. The van der Waals surface area contributed by atoms with Crippen molar-refractivity contribution in [2.45, 2.75) is 0 Å². The average Bonchev–Trinajstić information content (AvgIpc) is 2.95. The van der Waals surface area contributed by atoms with E-state index in [9.17, 15) is 14.0 Å². The fourth-order valence-corrected chi connectivity index (χ4v) is 2.95. The Kier molecular flexibility index (Phi) is 4.01. The Hall–Kier alpha value is -3.80. The molecular weight excluding hydrogens is 345 g/mol. The number of carbonyl (C=O) groups excluding carboxylic acids is 2. The smallest absolute Gasteiger partial charge is 0.284 e. The Balaban J connectivity index is 1.87. The number of imide groups is 1. The van der Waals surface area contributed by atoms with Crippen LogP contribution < -0.4 is 10.6 Å². The van der Waals surface area contributed by atoms with Crippen molar-refractivity contribution in [1.29, 1.82) is 0 Å². The van der Waals surface area contributed by atoms with Crippen molar-refractivity contribution in [3.05, 3.63) is 89.7 Å². The number of amides is 2. The highest BCUT2D eigenvalue weighted by Gasteiger charge is 2.38. The van der Waals surface area contributed by atoms with Crippen molar-refractivity contribution in [3.8, 4) is 0 Å². The molecule has 2 N–H and O–H groups in total. The van der Waals surface area contributed by atoms with Crippen molar-refractivity contribution in [3.63, 3.8) is 0 Å². The van der Waals surface area contributed by atoms with Gasteiger partial charge in [-0.2, -0.15) is 0 Å². The van der Waals surface area contributed by atoms with Crippen LogP contribution in [0.15, 0.2) is 77.8 Å². The quantitative estimate of drug-likeness (QED) is 0.560. The van der Waals surface area contributed by atoms with E-state index in [1.165, 1.54) is 18.2 Å². The molecule has 0 saturated heterocycles. The highest BCUT2D eigenvalue weighted by atomic mass is 19.1. The molecule has 1 aliphatic rings. The van der Waals surface area contributed by atoms with Gasteiger partial charge in [0.15, 0.2) is 0 Å². The number of carbonyl (C=O) groups is 2. The Morgan fingerprint density at radius 3 is 2.41 bits per heavy atom. The standard InChI is InChI=1S/C21H14FN3O2/c22-14-10-11-18-15(12-14)19(24-17-9-5-4-8-16(17)23)21(27)25(18)20(26)13-6-2-1-3-7-13/h1-12H,23H2. The molecule has 6 heteroatoms. The lowest BCUT2D eigenvalue weighted by Crippen LogP contribution is -2.36. The van der Waals surface area contributed by atoms with Crippen molar-refractivity contribution >= 4 is 34.6 Å². The largest absolute Gasteiger partial charge is 0.397 e. The van der Waals surface area contributed by atoms with E-state index >= 15 is 0 Å². The second kappa shape index (κ2) is 6.49. The highest BCUT2D eigenvalue weighted by molar-refractivity contribution is 6.59. The molecule has 2 amide bonds. The first-order chi connectivity index (χ1) is 13.1. The SMILES string of the molecule is Nc1ccccc1N=C1C(=O)N(C(=O)c2ccccc2)c2ccc(F)cc21. The molecular formula is C21H14FN3O2. The van der Waals surface area contributed by atoms with Gasteiger partial charge in [0.25, 0.3) is 11.8 Å². The number of anilines is 2. The zero-order chi connectivity index (χ0) is 19.0. The number of benzene rings is 3. The zero-order valence-electron chi connectivity index (χ0n) is 14.1. The average molecular weight is 359 g/mol. The molecule has 3 aromatic rings. The topological polar surface area (TPSA) is 75.8 Å². The molecule has 3 aromatic carbocycles. The first-order valence-corrected chi connectivity index (χ1v) is 8.23. The van der Waals surface area contributed by atoms with Gasteiger partial charge in [-0.15, -0.1) is 0 Å². The van der Waals surface area contributed by atoms with Gasteiger partial charge in [-0.1, -0.05) is 30.3 Å². The van der Waals surface area contributed by atoms with Gasteiger partial charge in [0, 0.05) is 11.1 Å². The predicted octanol–water partition coefficient (Wildman–Crippen LogP) is 3.72. The molecule has 5 nitrogen and oxygen atoms in total. The molecule has 27 heavy (non-hydrogen) atoms. The minimum absolute atomic E-state index is 0.0216. The summed E-state index contributed by atoms with van der Waals surface area (Å²) in [4.78, 5) is 31.3. The van der Waals surface area contributed by atoms with E-state index in [4.69, 9.17) is 5.73 Å². The number of halogens is 1. The molecule has 0 unspecified atom stereocenters. The van der Waals surface area contributed by atoms with E-state index in [1.54, 1.807) is 54.6 Å². The number of para-hydroxylation sites is 2. The van der Waals surface area contributed by atoms with Crippen molar-refractivity contribution in [2.75, 3.05) is 10.6 Å². The molecule has 1 aliphatic heterocycles. The number of hydrogen-bond acceptors (Lipinski definition) is 4. The summed E-state index contributed by atoms with van der Waals surface area (Å²) in [7, 11) is 0. The molecule has 0 saturated carbocycles. The molecule has 0 atom stereocenters. The minimum Gasteiger partial charge on any atom is -0.397 e. The molecule has 0 aliphatic carbocycles. The first kappa shape index (κ1) is 16.7. The summed E-state index contributed by atoms with van der Waals surface area (Å²) in [5, 5.41) is 0. The summed E-state index contributed by atoms with van der Waals surface area (Å²) < 4.78 is 13.8. The van der Waals surface area contributed by atoms with E-state index in [-0.39, 0.29) is 11.3 Å². The van der Waals surface area contributed by atoms with Crippen molar-refractivity contribution in [1.82, 2.24) is 0 Å². The normalized spacial score (nSPS) is 14.5. The van der Waals surface area contributed by atoms with Gasteiger partial charge in [0.05, 0.1) is 17.1 Å². The molecule has 4 rings (SSSR count). The maximum absolute atomic E-state index is 13.8. The van der Waals surface area contributed by atoms with Gasteiger partial charge in [-0.3, -0.25) is 9.59 Å². The number of fused-ring (bicyclic) bond motifs is 1. The molecule has 0 fully saturated rings. The third-order valence-electron chi connectivity index (χ3n) is 4.25. The third kappa shape index (κ3) is 2.87. The molecule has 132 valence electrons. The van der Waals surface area contributed by atoms with Crippen LogP contribution >= 0.6 is 0 Å². The van der Waals surface area contributed by atoms with Crippen LogP contribution in [-0.4, -0.2) is 17.5 Å². The van der Waals surface area contributed by atoms with Gasteiger partial charge >= 0.3 is 0 Å². The molecule has 1 heterocycles. The van der Waals surface area contributed by atoms with E-state index in [2.05, 4.69) is 4.99 Å². The summed E-state index contributed by atoms with van der Waals surface area (Å²) in [5.74, 6) is -1.64. The Bertz CT molecular complexity index is 1090. The van der Waals surface area contributed by atoms with E-state index in [1.807, 2.05) is 0 Å². The lowest BCUT2D eigenvalue weighted by Gasteiger charge is -2.14. The monoisotopic (exact) mass is 359 g/mol.